The van der Waals surface area contributed by atoms with Crippen LogP contribution in [0.5, 0.6) is 0 Å². The number of rotatable bonds is 6. The monoisotopic (exact) mass is 256 g/mol. The molecule has 0 saturated carbocycles. The van der Waals surface area contributed by atoms with E-state index in [1.54, 1.807) is 11.8 Å². The van der Waals surface area contributed by atoms with Crippen molar-refractivity contribution in [3.8, 4) is 0 Å². The Morgan fingerprint density at radius 2 is 2.00 bits per heavy atom. The molecule has 6 nitrogen and oxygen atoms in total. The van der Waals surface area contributed by atoms with Crippen LogP contribution < -0.4 is 16.2 Å². The number of aromatic nitrogens is 3. The molecular formula is C10H20N6S. The quantitative estimate of drug-likeness (QED) is 0.452. The predicted octanol–water partition coefficient (Wildman–Crippen LogP) is 1.36. The van der Waals surface area contributed by atoms with Crippen molar-refractivity contribution in [2.24, 2.45) is 11.8 Å². The van der Waals surface area contributed by atoms with E-state index >= 15 is 0 Å². The van der Waals surface area contributed by atoms with Gasteiger partial charge in [-0.2, -0.15) is 15.0 Å². The predicted molar refractivity (Wildman–Crippen MR) is 72.1 cm³/mol. The lowest BCUT2D eigenvalue weighted by Gasteiger charge is -2.12. The first-order chi connectivity index (χ1) is 8.02. The molecule has 1 rings (SSSR count). The molecule has 3 N–H and O–H groups in total. The molecule has 0 atom stereocenters. The molecule has 0 aliphatic heterocycles. The maximum absolute atomic E-state index is 5.33. The zero-order chi connectivity index (χ0) is 12.8. The van der Waals surface area contributed by atoms with Crippen molar-refractivity contribution < 1.29 is 0 Å². The summed E-state index contributed by atoms with van der Waals surface area (Å²) in [5, 5.41) is 0.706. The van der Waals surface area contributed by atoms with E-state index in [9.17, 15) is 0 Å². The highest BCUT2D eigenvalue weighted by Gasteiger charge is 2.08. The third-order valence-corrected chi connectivity index (χ3v) is 2.94. The van der Waals surface area contributed by atoms with Crippen LogP contribution >= 0.6 is 11.8 Å². The van der Waals surface area contributed by atoms with Gasteiger partial charge in [-0.05, 0) is 12.3 Å². The average molecular weight is 256 g/mol. The molecule has 0 fully saturated rings. The van der Waals surface area contributed by atoms with Crippen molar-refractivity contribution in [1.82, 2.24) is 15.0 Å². The summed E-state index contributed by atoms with van der Waals surface area (Å²) < 4.78 is 0. The summed E-state index contributed by atoms with van der Waals surface area (Å²) in [6.07, 6.45) is 1.14. The van der Waals surface area contributed by atoms with Crippen molar-refractivity contribution in [2.75, 3.05) is 30.2 Å². The number of anilines is 2. The number of thioether (sulfide) groups is 1. The normalized spacial score (nSPS) is 10.7. The Morgan fingerprint density at radius 3 is 2.53 bits per heavy atom. The Balaban J connectivity index is 2.73. The van der Waals surface area contributed by atoms with Crippen molar-refractivity contribution >= 4 is 23.7 Å². The standard InChI is InChI=1S/C10H20N6S/c1-7(2)5-6-17-10-13-8(15-11)12-9(14-10)16(3)4/h7H,5-6,11H2,1-4H3,(H,12,13,14,15). The highest BCUT2D eigenvalue weighted by Crippen LogP contribution is 2.19. The number of hydrogen-bond donors (Lipinski definition) is 2. The third-order valence-electron chi connectivity index (χ3n) is 2.06. The second-order valence-electron chi connectivity index (χ2n) is 4.31. The topological polar surface area (TPSA) is 80.0 Å². The Labute approximate surface area is 106 Å². The Morgan fingerprint density at radius 1 is 1.29 bits per heavy atom. The molecule has 0 unspecified atom stereocenters. The number of nitrogen functional groups attached to an aromatic ring is 1. The van der Waals surface area contributed by atoms with E-state index in [4.69, 9.17) is 5.84 Å². The first kappa shape index (κ1) is 14.0. The van der Waals surface area contributed by atoms with E-state index in [-0.39, 0.29) is 0 Å². The van der Waals surface area contributed by atoms with Gasteiger partial charge in [0, 0.05) is 19.8 Å². The Kier molecular flexibility index (Phi) is 5.43. The number of hydrogen-bond acceptors (Lipinski definition) is 7. The fraction of sp³-hybridized carbons (Fsp3) is 0.700. The largest absolute Gasteiger partial charge is 0.347 e. The smallest absolute Gasteiger partial charge is 0.242 e. The van der Waals surface area contributed by atoms with Crippen molar-refractivity contribution in [3.63, 3.8) is 0 Å². The van der Waals surface area contributed by atoms with Crippen LogP contribution in [-0.4, -0.2) is 34.8 Å². The summed E-state index contributed by atoms with van der Waals surface area (Å²) in [6.45, 7) is 4.40. The van der Waals surface area contributed by atoms with E-state index in [1.807, 2.05) is 19.0 Å². The van der Waals surface area contributed by atoms with E-state index in [2.05, 4.69) is 34.2 Å². The van der Waals surface area contributed by atoms with Gasteiger partial charge in [-0.25, -0.2) is 5.84 Å². The molecule has 0 aliphatic carbocycles. The SMILES string of the molecule is CC(C)CCSc1nc(NN)nc(N(C)C)n1. The van der Waals surface area contributed by atoms with E-state index in [1.165, 1.54) is 0 Å². The summed E-state index contributed by atoms with van der Waals surface area (Å²) >= 11 is 1.63. The summed E-state index contributed by atoms with van der Waals surface area (Å²) in [4.78, 5) is 14.5. The lowest BCUT2D eigenvalue weighted by Crippen LogP contribution is -2.17. The van der Waals surface area contributed by atoms with Gasteiger partial charge in [-0.1, -0.05) is 25.6 Å². The molecule has 7 heteroatoms. The van der Waals surface area contributed by atoms with Crippen LogP contribution in [0.2, 0.25) is 0 Å². The van der Waals surface area contributed by atoms with E-state index in [0.29, 0.717) is 23.0 Å². The summed E-state index contributed by atoms with van der Waals surface area (Å²) in [5.74, 6) is 8.03. The molecule has 0 aliphatic rings. The van der Waals surface area contributed by atoms with Crippen LogP contribution in [-0.2, 0) is 0 Å². The van der Waals surface area contributed by atoms with Gasteiger partial charge in [0.1, 0.15) is 0 Å². The fourth-order valence-corrected chi connectivity index (χ4v) is 2.13. The van der Waals surface area contributed by atoms with E-state index in [0.717, 1.165) is 12.2 Å². The summed E-state index contributed by atoms with van der Waals surface area (Å²) in [7, 11) is 3.77. The number of nitrogens with two attached hydrogens (primary N) is 1. The van der Waals surface area contributed by atoms with Crippen molar-refractivity contribution in [1.29, 1.82) is 0 Å². The minimum absolute atomic E-state index is 0.399. The molecule has 0 aromatic carbocycles. The summed E-state index contributed by atoms with van der Waals surface area (Å²) in [5.41, 5.74) is 2.46. The third kappa shape index (κ3) is 4.74. The molecule has 0 bridgehead atoms. The van der Waals surface area contributed by atoms with Crippen LogP contribution in [0.1, 0.15) is 20.3 Å². The minimum Gasteiger partial charge on any atom is -0.347 e. The maximum atomic E-state index is 5.33. The van der Waals surface area contributed by atoms with Crippen LogP contribution in [0.25, 0.3) is 0 Å². The molecule has 1 aromatic rings. The van der Waals surface area contributed by atoms with Gasteiger partial charge in [0.25, 0.3) is 0 Å². The molecule has 0 spiro atoms. The van der Waals surface area contributed by atoms with Gasteiger partial charge in [0.2, 0.25) is 11.9 Å². The van der Waals surface area contributed by atoms with Gasteiger partial charge in [0.15, 0.2) is 5.16 Å². The van der Waals surface area contributed by atoms with Gasteiger partial charge < -0.3 is 4.90 Å². The molecule has 1 heterocycles. The first-order valence-electron chi connectivity index (χ1n) is 5.55. The second-order valence-corrected chi connectivity index (χ2v) is 5.37. The van der Waals surface area contributed by atoms with Crippen molar-refractivity contribution in [3.05, 3.63) is 0 Å². The van der Waals surface area contributed by atoms with Crippen LogP contribution in [0.15, 0.2) is 5.16 Å². The molecular weight excluding hydrogens is 236 g/mol. The first-order valence-corrected chi connectivity index (χ1v) is 6.54. The number of hydrazine groups is 1. The lowest BCUT2D eigenvalue weighted by molar-refractivity contribution is 0.631. The zero-order valence-corrected chi connectivity index (χ0v) is 11.6. The van der Waals surface area contributed by atoms with Gasteiger partial charge in [-0.3, -0.25) is 5.43 Å². The maximum Gasteiger partial charge on any atom is 0.242 e. The molecule has 1 aromatic heterocycles. The lowest BCUT2D eigenvalue weighted by atomic mass is 10.2. The Hall–Kier alpha value is -1.08. The van der Waals surface area contributed by atoms with Crippen LogP contribution in [0, 0.1) is 5.92 Å². The number of nitrogens with zero attached hydrogens (tertiary/aromatic N) is 4. The molecule has 0 amide bonds. The molecule has 17 heavy (non-hydrogen) atoms. The van der Waals surface area contributed by atoms with Crippen LogP contribution in [0.4, 0.5) is 11.9 Å². The highest BCUT2D eigenvalue weighted by atomic mass is 32.2. The van der Waals surface area contributed by atoms with Gasteiger partial charge in [0.05, 0.1) is 0 Å². The van der Waals surface area contributed by atoms with Gasteiger partial charge >= 0.3 is 0 Å². The molecule has 0 saturated heterocycles. The fourth-order valence-electron chi connectivity index (χ4n) is 1.06. The molecule has 96 valence electrons. The average Bonchev–Trinajstić information content (AvgIpc) is 2.28. The highest BCUT2D eigenvalue weighted by molar-refractivity contribution is 7.99. The van der Waals surface area contributed by atoms with Crippen molar-refractivity contribution in [2.45, 2.75) is 25.4 Å². The second kappa shape index (κ2) is 6.61. The van der Waals surface area contributed by atoms with Gasteiger partial charge in [-0.15, -0.1) is 0 Å². The van der Waals surface area contributed by atoms with Crippen LogP contribution in [0.3, 0.4) is 0 Å². The number of nitrogens with one attached hydrogen (secondary N) is 1. The summed E-state index contributed by atoms with van der Waals surface area (Å²) in [6, 6.07) is 0. The zero-order valence-electron chi connectivity index (χ0n) is 10.8. The van der Waals surface area contributed by atoms with E-state index < -0.39 is 0 Å². The minimum atomic E-state index is 0.399. The Bertz CT molecular complexity index is 355. The molecule has 0 radical (unpaired) electrons.